The highest BCUT2D eigenvalue weighted by Gasteiger charge is 2.16. The summed E-state index contributed by atoms with van der Waals surface area (Å²) in [5.74, 6) is 0.995. The van der Waals surface area contributed by atoms with Crippen LogP contribution >= 0.6 is 0 Å². The lowest BCUT2D eigenvalue weighted by Gasteiger charge is -2.19. The zero-order valence-electron chi connectivity index (χ0n) is 14.6. The van der Waals surface area contributed by atoms with E-state index in [1.54, 1.807) is 6.20 Å². The molecule has 0 unspecified atom stereocenters. The zero-order valence-corrected chi connectivity index (χ0v) is 14.6. The summed E-state index contributed by atoms with van der Waals surface area (Å²) in [6.07, 6.45) is 2.15. The highest BCUT2D eigenvalue weighted by atomic mass is 16.5. The number of nitrogens with zero attached hydrogens (tertiary/aromatic N) is 2. The van der Waals surface area contributed by atoms with Crippen LogP contribution in [-0.2, 0) is 9.53 Å². The average molecular weight is 307 g/mol. The Morgan fingerprint density at radius 1 is 1.32 bits per heavy atom. The van der Waals surface area contributed by atoms with Gasteiger partial charge in [-0.2, -0.15) is 0 Å². The molecule has 1 rings (SSSR count). The van der Waals surface area contributed by atoms with Gasteiger partial charge in [-0.25, -0.2) is 9.97 Å². The van der Waals surface area contributed by atoms with Gasteiger partial charge in [-0.3, -0.25) is 4.79 Å². The summed E-state index contributed by atoms with van der Waals surface area (Å²) in [5, 5.41) is 3.19. The second-order valence-corrected chi connectivity index (χ2v) is 7.37. The Kier molecular flexibility index (Phi) is 6.78. The highest BCUT2D eigenvalue weighted by molar-refractivity contribution is 5.69. The summed E-state index contributed by atoms with van der Waals surface area (Å²) in [6, 6.07) is 1.92. The van der Waals surface area contributed by atoms with Gasteiger partial charge in [0.1, 0.15) is 0 Å². The van der Waals surface area contributed by atoms with Crippen molar-refractivity contribution in [2.75, 3.05) is 18.5 Å². The number of aromatic nitrogens is 2. The number of rotatable bonds is 7. The van der Waals surface area contributed by atoms with Gasteiger partial charge in [-0.15, -0.1) is 0 Å². The van der Waals surface area contributed by atoms with E-state index in [1.165, 1.54) is 0 Å². The van der Waals surface area contributed by atoms with Crippen LogP contribution in [0.1, 0.15) is 59.6 Å². The Bertz CT molecular complexity index is 481. The molecule has 0 aliphatic carbocycles. The Balaban J connectivity index is 2.38. The molecule has 1 aromatic rings. The molecule has 0 fully saturated rings. The van der Waals surface area contributed by atoms with Gasteiger partial charge in [-0.1, -0.05) is 41.5 Å². The Labute approximate surface area is 133 Å². The van der Waals surface area contributed by atoms with E-state index in [0.29, 0.717) is 31.4 Å². The van der Waals surface area contributed by atoms with Crippen LogP contribution in [-0.4, -0.2) is 29.1 Å². The lowest BCUT2D eigenvalue weighted by Crippen LogP contribution is -2.22. The smallest absolute Gasteiger partial charge is 0.306 e. The van der Waals surface area contributed by atoms with E-state index < -0.39 is 0 Å². The average Bonchev–Trinajstić information content (AvgIpc) is 2.42. The zero-order chi connectivity index (χ0) is 16.8. The van der Waals surface area contributed by atoms with Gasteiger partial charge in [0.15, 0.2) is 0 Å². The maximum Gasteiger partial charge on any atom is 0.306 e. The van der Waals surface area contributed by atoms with Gasteiger partial charge in [0.05, 0.1) is 6.61 Å². The van der Waals surface area contributed by atoms with Crippen LogP contribution in [0.4, 0.5) is 5.95 Å². The Hall–Kier alpha value is -1.65. The normalized spacial score (nSPS) is 13.0. The molecule has 5 nitrogen and oxygen atoms in total. The SMILES string of the molecule is CC(C)c1ccnc(NC[C@@H](C)CC(=O)OCC(C)(C)C)n1. The van der Waals surface area contributed by atoms with E-state index in [9.17, 15) is 4.79 Å². The molecule has 0 saturated heterocycles. The second kappa shape index (κ2) is 8.11. The standard InChI is InChI=1S/C17H29N3O2/c1-12(2)14-7-8-18-16(20-14)19-10-13(3)9-15(21)22-11-17(4,5)6/h7-8,12-13H,9-11H2,1-6H3,(H,18,19,20)/t13-/m0/s1. The summed E-state index contributed by atoms with van der Waals surface area (Å²) in [4.78, 5) is 20.4. The molecule has 0 radical (unpaired) electrons. The first-order valence-corrected chi connectivity index (χ1v) is 7.90. The third-order valence-electron chi connectivity index (χ3n) is 3.06. The number of nitrogens with one attached hydrogen (secondary N) is 1. The molecule has 1 aromatic heterocycles. The summed E-state index contributed by atoms with van der Waals surface area (Å²) >= 11 is 0. The first-order chi connectivity index (χ1) is 10.2. The largest absolute Gasteiger partial charge is 0.465 e. The number of ether oxygens (including phenoxy) is 1. The fraction of sp³-hybridized carbons (Fsp3) is 0.706. The molecule has 0 amide bonds. The summed E-state index contributed by atoms with van der Waals surface area (Å²) in [7, 11) is 0. The van der Waals surface area contributed by atoms with Crippen LogP contribution in [0.2, 0.25) is 0 Å². The molecular formula is C17H29N3O2. The number of esters is 1. The molecule has 22 heavy (non-hydrogen) atoms. The van der Waals surface area contributed by atoms with Crippen molar-refractivity contribution in [1.29, 1.82) is 0 Å². The van der Waals surface area contributed by atoms with Gasteiger partial charge in [0.25, 0.3) is 0 Å². The van der Waals surface area contributed by atoms with Gasteiger partial charge in [0, 0.05) is 24.9 Å². The molecule has 0 bridgehead atoms. The van der Waals surface area contributed by atoms with Gasteiger partial charge >= 0.3 is 5.97 Å². The van der Waals surface area contributed by atoms with Gasteiger partial charge in [0.2, 0.25) is 5.95 Å². The van der Waals surface area contributed by atoms with E-state index in [1.807, 2.05) is 33.8 Å². The van der Waals surface area contributed by atoms with Crippen molar-refractivity contribution in [3.05, 3.63) is 18.0 Å². The summed E-state index contributed by atoms with van der Waals surface area (Å²) < 4.78 is 5.28. The van der Waals surface area contributed by atoms with E-state index in [2.05, 4.69) is 29.1 Å². The van der Waals surface area contributed by atoms with Crippen molar-refractivity contribution in [2.24, 2.45) is 11.3 Å². The van der Waals surface area contributed by atoms with Crippen LogP contribution in [0.3, 0.4) is 0 Å². The third kappa shape index (κ3) is 7.38. The van der Waals surface area contributed by atoms with Crippen molar-refractivity contribution < 1.29 is 9.53 Å². The summed E-state index contributed by atoms with van der Waals surface area (Å²) in [6.45, 7) is 13.4. The van der Waals surface area contributed by atoms with Crippen molar-refractivity contribution in [1.82, 2.24) is 9.97 Å². The van der Waals surface area contributed by atoms with Crippen LogP contribution < -0.4 is 5.32 Å². The molecule has 0 aromatic carbocycles. The van der Waals surface area contributed by atoms with Crippen molar-refractivity contribution >= 4 is 11.9 Å². The molecule has 1 N–H and O–H groups in total. The number of hydrogen-bond donors (Lipinski definition) is 1. The molecule has 1 atom stereocenters. The predicted octanol–water partition coefficient (Wildman–Crippen LogP) is 3.63. The fourth-order valence-corrected chi connectivity index (χ4v) is 1.76. The minimum absolute atomic E-state index is 0.00226. The van der Waals surface area contributed by atoms with E-state index in [4.69, 9.17) is 4.74 Å². The van der Waals surface area contributed by atoms with Crippen molar-refractivity contribution in [2.45, 2.75) is 53.9 Å². The summed E-state index contributed by atoms with van der Waals surface area (Å²) in [5.41, 5.74) is 1.01. The number of hydrogen-bond acceptors (Lipinski definition) is 5. The van der Waals surface area contributed by atoms with Crippen LogP contribution in [0.15, 0.2) is 12.3 Å². The molecule has 5 heteroatoms. The van der Waals surface area contributed by atoms with Crippen LogP contribution in [0.25, 0.3) is 0 Å². The molecular weight excluding hydrogens is 278 g/mol. The first kappa shape index (κ1) is 18.4. The predicted molar refractivity (Wildman–Crippen MR) is 88.8 cm³/mol. The quantitative estimate of drug-likeness (QED) is 0.779. The van der Waals surface area contributed by atoms with Crippen molar-refractivity contribution in [3.8, 4) is 0 Å². The minimum Gasteiger partial charge on any atom is -0.465 e. The molecule has 0 aliphatic heterocycles. The topological polar surface area (TPSA) is 64.1 Å². The van der Waals surface area contributed by atoms with Gasteiger partial charge < -0.3 is 10.1 Å². The maximum atomic E-state index is 11.8. The monoisotopic (exact) mass is 307 g/mol. The number of carbonyl (C=O) groups excluding carboxylic acids is 1. The van der Waals surface area contributed by atoms with Crippen LogP contribution in [0.5, 0.6) is 0 Å². The van der Waals surface area contributed by atoms with E-state index in [-0.39, 0.29) is 17.3 Å². The molecule has 0 aliphatic rings. The molecule has 1 heterocycles. The lowest BCUT2D eigenvalue weighted by molar-refractivity contribution is -0.147. The highest BCUT2D eigenvalue weighted by Crippen LogP contribution is 2.15. The maximum absolute atomic E-state index is 11.8. The second-order valence-electron chi connectivity index (χ2n) is 7.37. The van der Waals surface area contributed by atoms with Crippen LogP contribution in [0, 0.1) is 11.3 Å². The fourth-order valence-electron chi connectivity index (χ4n) is 1.76. The Morgan fingerprint density at radius 2 is 2.00 bits per heavy atom. The lowest BCUT2D eigenvalue weighted by atomic mass is 9.98. The number of anilines is 1. The van der Waals surface area contributed by atoms with Gasteiger partial charge in [-0.05, 0) is 23.3 Å². The molecule has 0 spiro atoms. The minimum atomic E-state index is -0.152. The molecule has 124 valence electrons. The molecule has 0 saturated carbocycles. The van der Waals surface area contributed by atoms with Crippen molar-refractivity contribution in [3.63, 3.8) is 0 Å². The number of carbonyl (C=O) groups is 1. The van der Waals surface area contributed by atoms with E-state index in [0.717, 1.165) is 5.69 Å². The third-order valence-corrected chi connectivity index (χ3v) is 3.06. The Morgan fingerprint density at radius 3 is 2.59 bits per heavy atom. The first-order valence-electron chi connectivity index (χ1n) is 7.90. The van der Waals surface area contributed by atoms with E-state index >= 15 is 0 Å².